The third kappa shape index (κ3) is 3.55. The van der Waals surface area contributed by atoms with Crippen LogP contribution in [0.5, 0.6) is 0 Å². The lowest BCUT2D eigenvalue weighted by atomic mass is 10.2. The fraction of sp³-hybridized carbons (Fsp3) is 0.368. The summed E-state index contributed by atoms with van der Waals surface area (Å²) in [5, 5.41) is 8.32. The molecule has 1 aromatic carbocycles. The molecular formula is C19H21N5O3S. The average Bonchev–Trinajstić information content (AvgIpc) is 3.31. The van der Waals surface area contributed by atoms with Crippen LogP contribution in [0.2, 0.25) is 0 Å². The highest BCUT2D eigenvalue weighted by Gasteiger charge is 2.29. The third-order valence-electron chi connectivity index (χ3n) is 4.64. The van der Waals surface area contributed by atoms with Gasteiger partial charge in [-0.2, -0.15) is 5.10 Å². The summed E-state index contributed by atoms with van der Waals surface area (Å²) in [6, 6.07) is 9.40. The highest BCUT2D eigenvalue weighted by atomic mass is 32.2. The number of rotatable bonds is 7. The van der Waals surface area contributed by atoms with Crippen molar-refractivity contribution in [2.24, 2.45) is 0 Å². The van der Waals surface area contributed by atoms with Crippen LogP contribution in [0.3, 0.4) is 0 Å². The van der Waals surface area contributed by atoms with Gasteiger partial charge in [0.1, 0.15) is 5.39 Å². The SMILES string of the molecule is COCCCNC(=O)C[C@H]1CSc2nc3c(cnn3-c3ccccc3)c(=O)n21. The number of nitrogens with one attached hydrogen (secondary N) is 1. The molecule has 1 amide bonds. The number of benzene rings is 1. The van der Waals surface area contributed by atoms with Gasteiger partial charge in [-0.15, -0.1) is 0 Å². The lowest BCUT2D eigenvalue weighted by Gasteiger charge is -2.13. The Balaban J connectivity index is 1.59. The molecule has 0 bridgehead atoms. The van der Waals surface area contributed by atoms with E-state index in [1.165, 1.54) is 11.8 Å². The van der Waals surface area contributed by atoms with E-state index in [1.807, 2.05) is 30.3 Å². The molecule has 146 valence electrons. The molecule has 9 heteroatoms. The maximum Gasteiger partial charge on any atom is 0.265 e. The van der Waals surface area contributed by atoms with E-state index < -0.39 is 0 Å². The van der Waals surface area contributed by atoms with Crippen molar-refractivity contribution in [3.05, 3.63) is 46.9 Å². The summed E-state index contributed by atoms with van der Waals surface area (Å²) >= 11 is 1.50. The summed E-state index contributed by atoms with van der Waals surface area (Å²) in [5.74, 6) is 0.584. The van der Waals surface area contributed by atoms with Crippen molar-refractivity contribution >= 4 is 28.7 Å². The minimum absolute atomic E-state index is 0.0680. The number of carbonyl (C=O) groups excluding carboxylic acids is 1. The van der Waals surface area contributed by atoms with Crippen LogP contribution in [-0.4, -0.2) is 51.3 Å². The van der Waals surface area contributed by atoms with Gasteiger partial charge in [0.05, 0.1) is 17.9 Å². The van der Waals surface area contributed by atoms with E-state index in [0.29, 0.717) is 35.1 Å². The van der Waals surface area contributed by atoms with E-state index in [9.17, 15) is 9.59 Å². The molecule has 1 aliphatic heterocycles. The van der Waals surface area contributed by atoms with E-state index >= 15 is 0 Å². The van der Waals surface area contributed by atoms with Gasteiger partial charge in [0.25, 0.3) is 5.56 Å². The molecule has 1 atom stereocenters. The lowest BCUT2D eigenvalue weighted by Crippen LogP contribution is -2.31. The summed E-state index contributed by atoms with van der Waals surface area (Å²) in [4.78, 5) is 30.0. The first-order valence-electron chi connectivity index (χ1n) is 9.13. The molecular weight excluding hydrogens is 378 g/mol. The number of carbonyl (C=O) groups is 1. The maximum atomic E-state index is 13.1. The van der Waals surface area contributed by atoms with Crippen molar-refractivity contribution in [3.63, 3.8) is 0 Å². The fourth-order valence-electron chi connectivity index (χ4n) is 3.27. The minimum atomic E-state index is -0.202. The summed E-state index contributed by atoms with van der Waals surface area (Å²) in [6.45, 7) is 1.17. The first-order chi connectivity index (χ1) is 13.7. The number of methoxy groups -OCH3 is 1. The number of amides is 1. The minimum Gasteiger partial charge on any atom is -0.385 e. The number of nitrogens with zero attached hydrogens (tertiary/aromatic N) is 4. The molecule has 0 fully saturated rings. The quantitative estimate of drug-likeness (QED) is 0.481. The van der Waals surface area contributed by atoms with Crippen LogP contribution in [0, 0.1) is 0 Å². The molecule has 2 aromatic heterocycles. The normalized spacial score (nSPS) is 15.7. The second kappa shape index (κ2) is 8.15. The van der Waals surface area contributed by atoms with Gasteiger partial charge >= 0.3 is 0 Å². The van der Waals surface area contributed by atoms with Crippen molar-refractivity contribution in [2.45, 2.75) is 24.0 Å². The highest BCUT2D eigenvalue weighted by Crippen LogP contribution is 2.33. The van der Waals surface area contributed by atoms with Crippen molar-refractivity contribution in [3.8, 4) is 5.69 Å². The summed E-state index contributed by atoms with van der Waals surface area (Å²) in [7, 11) is 1.63. The van der Waals surface area contributed by atoms with Gasteiger partial charge in [-0.1, -0.05) is 30.0 Å². The van der Waals surface area contributed by atoms with Gasteiger partial charge in [0, 0.05) is 32.4 Å². The average molecular weight is 399 g/mol. The van der Waals surface area contributed by atoms with Crippen molar-refractivity contribution in [2.75, 3.05) is 26.0 Å². The zero-order chi connectivity index (χ0) is 19.5. The number of aromatic nitrogens is 4. The van der Waals surface area contributed by atoms with E-state index in [0.717, 1.165) is 12.1 Å². The Labute approximate surface area is 165 Å². The molecule has 1 N–H and O–H groups in total. The monoisotopic (exact) mass is 399 g/mol. The number of fused-ring (bicyclic) bond motifs is 2. The molecule has 3 heterocycles. The Morgan fingerprint density at radius 3 is 2.96 bits per heavy atom. The Morgan fingerprint density at radius 2 is 2.18 bits per heavy atom. The summed E-state index contributed by atoms with van der Waals surface area (Å²) < 4.78 is 8.29. The molecule has 0 saturated carbocycles. The number of hydrogen-bond acceptors (Lipinski definition) is 6. The number of para-hydroxylation sites is 1. The first kappa shape index (κ1) is 18.7. The van der Waals surface area contributed by atoms with E-state index in [4.69, 9.17) is 4.74 Å². The Bertz CT molecular complexity index is 1050. The molecule has 28 heavy (non-hydrogen) atoms. The predicted octanol–water partition coefficient (Wildman–Crippen LogP) is 1.77. The van der Waals surface area contributed by atoms with Crippen LogP contribution in [0.4, 0.5) is 0 Å². The molecule has 4 rings (SSSR count). The summed E-state index contributed by atoms with van der Waals surface area (Å²) in [5.41, 5.74) is 1.24. The fourth-order valence-corrected chi connectivity index (χ4v) is 4.40. The smallest absolute Gasteiger partial charge is 0.265 e. The second-order valence-corrected chi connectivity index (χ2v) is 7.55. The summed E-state index contributed by atoms with van der Waals surface area (Å²) in [6.07, 6.45) is 2.57. The molecule has 0 radical (unpaired) electrons. The van der Waals surface area contributed by atoms with Gasteiger partial charge in [-0.25, -0.2) is 9.67 Å². The van der Waals surface area contributed by atoms with Crippen LogP contribution in [0.1, 0.15) is 18.9 Å². The van der Waals surface area contributed by atoms with Crippen LogP contribution in [0.15, 0.2) is 46.5 Å². The Hall–Kier alpha value is -2.65. The number of ether oxygens (including phenoxy) is 1. The Morgan fingerprint density at radius 1 is 1.36 bits per heavy atom. The number of hydrogen-bond donors (Lipinski definition) is 1. The zero-order valence-corrected chi connectivity index (χ0v) is 16.3. The van der Waals surface area contributed by atoms with Crippen LogP contribution < -0.4 is 10.9 Å². The number of thioether (sulfide) groups is 1. The zero-order valence-electron chi connectivity index (χ0n) is 15.5. The van der Waals surface area contributed by atoms with Crippen molar-refractivity contribution in [1.82, 2.24) is 24.6 Å². The standard InChI is InChI=1S/C19H21N5O3S/c1-27-9-5-8-20-16(25)10-14-12-28-19-22-17-15(18(26)23(14)19)11-21-24(17)13-6-3-2-4-7-13/h2-4,6-7,11,14H,5,8-10,12H2,1H3,(H,20,25)/t14-/m0/s1. The van der Waals surface area contributed by atoms with Gasteiger partial charge < -0.3 is 10.1 Å². The lowest BCUT2D eigenvalue weighted by molar-refractivity contribution is -0.121. The largest absolute Gasteiger partial charge is 0.385 e. The molecule has 8 nitrogen and oxygen atoms in total. The van der Waals surface area contributed by atoms with Crippen molar-refractivity contribution < 1.29 is 9.53 Å². The first-order valence-corrected chi connectivity index (χ1v) is 10.1. The molecule has 0 spiro atoms. The highest BCUT2D eigenvalue weighted by molar-refractivity contribution is 7.99. The van der Waals surface area contributed by atoms with Gasteiger partial charge in [-0.05, 0) is 18.6 Å². The van der Waals surface area contributed by atoms with E-state index in [-0.39, 0.29) is 23.9 Å². The van der Waals surface area contributed by atoms with Crippen LogP contribution in [-0.2, 0) is 9.53 Å². The van der Waals surface area contributed by atoms with Crippen molar-refractivity contribution in [1.29, 1.82) is 0 Å². The van der Waals surface area contributed by atoms with E-state index in [2.05, 4.69) is 15.4 Å². The van der Waals surface area contributed by atoms with Gasteiger partial charge in [-0.3, -0.25) is 14.2 Å². The predicted molar refractivity (Wildman–Crippen MR) is 107 cm³/mol. The maximum absolute atomic E-state index is 13.1. The van der Waals surface area contributed by atoms with Crippen LogP contribution in [0.25, 0.3) is 16.7 Å². The third-order valence-corrected chi connectivity index (χ3v) is 5.74. The Kier molecular flexibility index (Phi) is 5.45. The van der Waals surface area contributed by atoms with E-state index in [1.54, 1.807) is 22.6 Å². The topological polar surface area (TPSA) is 91.0 Å². The molecule has 3 aromatic rings. The van der Waals surface area contributed by atoms with Gasteiger partial charge in [0.15, 0.2) is 10.8 Å². The molecule has 0 unspecified atom stereocenters. The van der Waals surface area contributed by atoms with Gasteiger partial charge in [0.2, 0.25) is 5.91 Å². The van der Waals surface area contributed by atoms with Crippen LogP contribution >= 0.6 is 11.8 Å². The molecule has 0 aliphatic carbocycles. The molecule has 1 aliphatic rings. The molecule has 0 saturated heterocycles. The second-order valence-electron chi connectivity index (χ2n) is 6.56.